The SMILES string of the molecule is CCc1ccccc1CNC(C)c1nccs1. The van der Waals surface area contributed by atoms with Crippen LogP contribution in [0.2, 0.25) is 0 Å². The van der Waals surface area contributed by atoms with Gasteiger partial charge in [0.05, 0.1) is 6.04 Å². The molecule has 0 aliphatic carbocycles. The number of thiazole rings is 1. The van der Waals surface area contributed by atoms with E-state index in [2.05, 4.69) is 48.4 Å². The van der Waals surface area contributed by atoms with Crippen LogP contribution in [-0.4, -0.2) is 4.98 Å². The maximum atomic E-state index is 4.33. The minimum atomic E-state index is 0.319. The third-order valence-electron chi connectivity index (χ3n) is 2.92. The van der Waals surface area contributed by atoms with Crippen LogP contribution < -0.4 is 5.32 Å². The van der Waals surface area contributed by atoms with Gasteiger partial charge in [0.2, 0.25) is 0 Å². The summed E-state index contributed by atoms with van der Waals surface area (Å²) >= 11 is 1.70. The Kier molecular flexibility index (Phi) is 4.29. The van der Waals surface area contributed by atoms with Crippen LogP contribution in [0.4, 0.5) is 0 Å². The van der Waals surface area contributed by atoms with Crippen molar-refractivity contribution >= 4 is 11.3 Å². The van der Waals surface area contributed by atoms with Crippen molar-refractivity contribution in [3.8, 4) is 0 Å². The molecule has 1 heterocycles. The molecule has 2 rings (SSSR count). The summed E-state index contributed by atoms with van der Waals surface area (Å²) in [6.07, 6.45) is 2.95. The molecule has 0 aliphatic heterocycles. The fraction of sp³-hybridized carbons (Fsp3) is 0.357. The van der Waals surface area contributed by atoms with Crippen molar-refractivity contribution in [1.82, 2.24) is 10.3 Å². The molecule has 1 aromatic heterocycles. The first-order chi connectivity index (χ1) is 8.31. The zero-order chi connectivity index (χ0) is 12.1. The van der Waals surface area contributed by atoms with E-state index in [0.29, 0.717) is 6.04 Å². The molecule has 1 atom stereocenters. The number of aromatic nitrogens is 1. The number of hydrogen-bond donors (Lipinski definition) is 1. The van der Waals surface area contributed by atoms with E-state index in [1.165, 1.54) is 11.1 Å². The number of benzene rings is 1. The lowest BCUT2D eigenvalue weighted by molar-refractivity contribution is 0.570. The Hall–Kier alpha value is -1.19. The van der Waals surface area contributed by atoms with E-state index < -0.39 is 0 Å². The van der Waals surface area contributed by atoms with Crippen LogP contribution in [0.5, 0.6) is 0 Å². The molecule has 0 spiro atoms. The van der Waals surface area contributed by atoms with Crippen LogP contribution in [0, 0.1) is 0 Å². The van der Waals surface area contributed by atoms with Gasteiger partial charge in [-0.25, -0.2) is 4.98 Å². The van der Waals surface area contributed by atoms with Gasteiger partial charge in [-0.1, -0.05) is 31.2 Å². The van der Waals surface area contributed by atoms with Crippen LogP contribution in [-0.2, 0) is 13.0 Å². The molecule has 90 valence electrons. The predicted molar refractivity (Wildman–Crippen MR) is 73.2 cm³/mol. The zero-order valence-electron chi connectivity index (χ0n) is 10.3. The molecule has 2 aromatic rings. The Labute approximate surface area is 107 Å². The third kappa shape index (κ3) is 3.14. The average molecular weight is 246 g/mol. The van der Waals surface area contributed by atoms with Crippen LogP contribution in [0.1, 0.15) is 36.0 Å². The van der Waals surface area contributed by atoms with E-state index in [1.807, 2.05) is 11.6 Å². The first kappa shape index (κ1) is 12.3. The zero-order valence-corrected chi connectivity index (χ0v) is 11.1. The van der Waals surface area contributed by atoms with Crippen molar-refractivity contribution in [3.63, 3.8) is 0 Å². The minimum Gasteiger partial charge on any atom is -0.304 e. The van der Waals surface area contributed by atoms with Gasteiger partial charge in [-0.15, -0.1) is 11.3 Å². The molecule has 17 heavy (non-hydrogen) atoms. The summed E-state index contributed by atoms with van der Waals surface area (Å²) in [6.45, 7) is 5.27. The lowest BCUT2D eigenvalue weighted by Crippen LogP contribution is -2.18. The quantitative estimate of drug-likeness (QED) is 0.872. The Morgan fingerprint density at radius 2 is 2.06 bits per heavy atom. The van der Waals surface area contributed by atoms with Crippen molar-refractivity contribution in [2.75, 3.05) is 0 Å². The van der Waals surface area contributed by atoms with Crippen molar-refractivity contribution in [3.05, 3.63) is 52.0 Å². The van der Waals surface area contributed by atoms with Crippen LogP contribution >= 0.6 is 11.3 Å². The molecule has 0 aliphatic rings. The molecule has 2 nitrogen and oxygen atoms in total. The fourth-order valence-corrected chi connectivity index (χ4v) is 2.54. The highest BCUT2D eigenvalue weighted by molar-refractivity contribution is 7.09. The predicted octanol–water partition coefficient (Wildman–Crippen LogP) is 3.56. The molecular formula is C14H18N2S. The summed E-state index contributed by atoms with van der Waals surface area (Å²) in [5.41, 5.74) is 2.81. The molecule has 1 aromatic carbocycles. The Morgan fingerprint density at radius 1 is 1.29 bits per heavy atom. The van der Waals surface area contributed by atoms with Gasteiger partial charge >= 0.3 is 0 Å². The van der Waals surface area contributed by atoms with Gasteiger partial charge in [-0.05, 0) is 24.5 Å². The standard InChI is InChI=1S/C14H18N2S/c1-3-12-6-4-5-7-13(12)10-16-11(2)14-15-8-9-17-14/h4-9,11,16H,3,10H2,1-2H3. The summed E-state index contributed by atoms with van der Waals surface area (Å²) in [4.78, 5) is 4.33. The summed E-state index contributed by atoms with van der Waals surface area (Å²) in [5.74, 6) is 0. The van der Waals surface area contributed by atoms with E-state index in [9.17, 15) is 0 Å². The van der Waals surface area contributed by atoms with E-state index in [-0.39, 0.29) is 0 Å². The van der Waals surface area contributed by atoms with Gasteiger partial charge in [0, 0.05) is 18.1 Å². The second kappa shape index (κ2) is 5.94. The minimum absolute atomic E-state index is 0.319. The van der Waals surface area contributed by atoms with Gasteiger partial charge in [0.1, 0.15) is 5.01 Å². The maximum absolute atomic E-state index is 4.33. The third-order valence-corrected chi connectivity index (χ3v) is 3.88. The molecule has 3 heteroatoms. The lowest BCUT2D eigenvalue weighted by Gasteiger charge is -2.13. The number of aryl methyl sites for hydroxylation is 1. The molecule has 0 bridgehead atoms. The number of nitrogens with zero attached hydrogens (tertiary/aromatic N) is 1. The van der Waals surface area contributed by atoms with Crippen LogP contribution in [0.3, 0.4) is 0 Å². The monoisotopic (exact) mass is 246 g/mol. The summed E-state index contributed by atoms with van der Waals surface area (Å²) in [5, 5.41) is 6.70. The van der Waals surface area contributed by atoms with E-state index in [0.717, 1.165) is 18.0 Å². The second-order valence-electron chi connectivity index (χ2n) is 4.10. The van der Waals surface area contributed by atoms with Gasteiger partial charge in [-0.2, -0.15) is 0 Å². The first-order valence-electron chi connectivity index (χ1n) is 6.00. The van der Waals surface area contributed by atoms with Gasteiger partial charge in [-0.3, -0.25) is 0 Å². The highest BCUT2D eigenvalue weighted by atomic mass is 32.1. The Balaban J connectivity index is 1.98. The molecule has 0 amide bonds. The molecule has 0 saturated heterocycles. The van der Waals surface area contributed by atoms with Gasteiger partial charge in [0.15, 0.2) is 0 Å². The van der Waals surface area contributed by atoms with Crippen molar-refractivity contribution in [2.45, 2.75) is 32.9 Å². The van der Waals surface area contributed by atoms with E-state index in [1.54, 1.807) is 11.3 Å². The van der Waals surface area contributed by atoms with Crippen molar-refractivity contribution in [2.24, 2.45) is 0 Å². The first-order valence-corrected chi connectivity index (χ1v) is 6.88. The Morgan fingerprint density at radius 3 is 2.71 bits per heavy atom. The second-order valence-corrected chi connectivity index (χ2v) is 5.02. The van der Waals surface area contributed by atoms with Crippen LogP contribution in [0.25, 0.3) is 0 Å². The van der Waals surface area contributed by atoms with Gasteiger partial charge < -0.3 is 5.32 Å². The van der Waals surface area contributed by atoms with E-state index >= 15 is 0 Å². The number of rotatable bonds is 5. The summed E-state index contributed by atoms with van der Waals surface area (Å²) in [7, 11) is 0. The fourth-order valence-electron chi connectivity index (χ4n) is 1.87. The smallest absolute Gasteiger partial charge is 0.109 e. The highest BCUT2D eigenvalue weighted by Gasteiger charge is 2.07. The molecule has 0 fully saturated rings. The Bertz CT molecular complexity index is 451. The van der Waals surface area contributed by atoms with Crippen molar-refractivity contribution in [1.29, 1.82) is 0 Å². The number of hydrogen-bond acceptors (Lipinski definition) is 3. The number of nitrogens with one attached hydrogen (secondary N) is 1. The molecular weight excluding hydrogens is 228 g/mol. The normalized spacial score (nSPS) is 12.6. The molecule has 0 radical (unpaired) electrons. The molecule has 0 saturated carbocycles. The maximum Gasteiger partial charge on any atom is 0.109 e. The summed E-state index contributed by atoms with van der Waals surface area (Å²) in [6, 6.07) is 8.92. The summed E-state index contributed by atoms with van der Waals surface area (Å²) < 4.78 is 0. The van der Waals surface area contributed by atoms with Crippen LogP contribution in [0.15, 0.2) is 35.8 Å². The average Bonchev–Trinajstić information content (AvgIpc) is 2.90. The van der Waals surface area contributed by atoms with Crippen molar-refractivity contribution < 1.29 is 0 Å². The largest absolute Gasteiger partial charge is 0.304 e. The lowest BCUT2D eigenvalue weighted by atomic mass is 10.1. The van der Waals surface area contributed by atoms with Gasteiger partial charge in [0.25, 0.3) is 0 Å². The molecule has 1 unspecified atom stereocenters. The molecule has 1 N–H and O–H groups in total. The highest BCUT2D eigenvalue weighted by Crippen LogP contribution is 2.16. The topological polar surface area (TPSA) is 24.9 Å². The van der Waals surface area contributed by atoms with E-state index in [4.69, 9.17) is 0 Å².